The second-order valence-electron chi connectivity index (χ2n) is 13.8. The van der Waals surface area contributed by atoms with Crippen LogP contribution in [0.2, 0.25) is 0 Å². The van der Waals surface area contributed by atoms with Gasteiger partial charge in [0.05, 0.1) is 17.4 Å². The molecule has 2 aromatic carbocycles. The van der Waals surface area contributed by atoms with Crippen LogP contribution < -0.4 is 21.1 Å². The first kappa shape index (κ1) is 38.3. The molecule has 12 heteroatoms. The van der Waals surface area contributed by atoms with Gasteiger partial charge in [-0.1, -0.05) is 18.9 Å². The molecule has 1 aromatic heterocycles. The van der Waals surface area contributed by atoms with Crippen molar-refractivity contribution >= 4 is 40.3 Å². The number of carbonyl (C=O) groups excluding carboxylic acids is 4. The summed E-state index contributed by atoms with van der Waals surface area (Å²) in [5, 5.41) is 5.83. The summed E-state index contributed by atoms with van der Waals surface area (Å²) >= 11 is 0. The average molecular weight is 674 g/mol. The summed E-state index contributed by atoms with van der Waals surface area (Å²) in [5.41, 5.74) is 0.692. The Hall–Kier alpha value is -5.18. The topological polar surface area (TPSA) is 160 Å². The number of H-pyrrole nitrogens is 1. The summed E-state index contributed by atoms with van der Waals surface area (Å²) in [6.07, 6.45) is 5.77. The lowest BCUT2D eigenvalue weighted by Crippen LogP contribution is -2.46. The van der Waals surface area contributed by atoms with Crippen molar-refractivity contribution in [1.82, 2.24) is 20.6 Å². The van der Waals surface area contributed by atoms with E-state index in [2.05, 4.69) is 26.5 Å². The van der Waals surface area contributed by atoms with E-state index in [0.29, 0.717) is 29.7 Å². The highest BCUT2D eigenvalue weighted by Crippen LogP contribution is 2.20. The number of aromatic amines is 1. The molecule has 0 fully saturated rings. The lowest BCUT2D eigenvalue weighted by molar-refractivity contribution is -0.159. The second kappa shape index (κ2) is 16.3. The zero-order valence-corrected chi connectivity index (χ0v) is 29.6. The smallest absolute Gasteiger partial charge is 0.329 e. The number of aryl methyl sites for hydroxylation is 1. The van der Waals surface area contributed by atoms with Crippen LogP contribution in [0.4, 0.5) is 5.69 Å². The van der Waals surface area contributed by atoms with E-state index in [1.165, 1.54) is 0 Å². The number of ether oxygens (including phenoxy) is 2. The minimum Gasteiger partial charge on any atom is -0.458 e. The van der Waals surface area contributed by atoms with Crippen molar-refractivity contribution in [3.05, 3.63) is 69.8 Å². The Morgan fingerprint density at radius 2 is 1.55 bits per heavy atom. The third-order valence-electron chi connectivity index (χ3n) is 7.13. The van der Waals surface area contributed by atoms with Gasteiger partial charge in [0.2, 0.25) is 5.91 Å². The van der Waals surface area contributed by atoms with Crippen LogP contribution in [0.15, 0.2) is 47.3 Å². The van der Waals surface area contributed by atoms with Crippen LogP contribution in [0, 0.1) is 19.3 Å². The molecule has 0 radical (unpaired) electrons. The van der Waals surface area contributed by atoms with Crippen molar-refractivity contribution in [2.75, 3.05) is 11.4 Å². The molecule has 262 valence electrons. The van der Waals surface area contributed by atoms with Gasteiger partial charge in [-0.2, -0.15) is 0 Å². The highest BCUT2D eigenvalue weighted by atomic mass is 16.6. The van der Waals surface area contributed by atoms with Crippen molar-refractivity contribution in [2.45, 2.75) is 104 Å². The van der Waals surface area contributed by atoms with Gasteiger partial charge in [0.15, 0.2) is 0 Å². The number of nitrogens with zero attached hydrogens (tertiary/aromatic N) is 2. The van der Waals surface area contributed by atoms with Crippen LogP contribution in [-0.4, -0.2) is 63.6 Å². The van der Waals surface area contributed by atoms with Crippen molar-refractivity contribution in [3.63, 3.8) is 0 Å². The molecule has 0 spiro atoms. The van der Waals surface area contributed by atoms with Gasteiger partial charge < -0.3 is 30.0 Å². The normalized spacial score (nSPS) is 12.7. The Morgan fingerprint density at radius 3 is 2.12 bits per heavy atom. The number of nitrogens with one attached hydrogen (secondary N) is 3. The Kier molecular flexibility index (Phi) is 12.7. The van der Waals surface area contributed by atoms with E-state index in [0.717, 1.165) is 11.3 Å². The van der Waals surface area contributed by atoms with E-state index in [4.69, 9.17) is 15.9 Å². The van der Waals surface area contributed by atoms with E-state index in [9.17, 15) is 24.0 Å². The van der Waals surface area contributed by atoms with E-state index in [1.54, 1.807) is 91.8 Å². The molecular formula is C37H47N5O7. The summed E-state index contributed by atoms with van der Waals surface area (Å²) in [5.74, 6) is 0.930. The number of benzene rings is 2. The third-order valence-corrected chi connectivity index (χ3v) is 7.13. The number of esters is 2. The highest BCUT2D eigenvalue weighted by molar-refractivity contribution is 5.97. The number of aromatic nitrogens is 2. The van der Waals surface area contributed by atoms with E-state index >= 15 is 0 Å². The maximum Gasteiger partial charge on any atom is 0.329 e. The van der Waals surface area contributed by atoms with E-state index < -0.39 is 47.0 Å². The molecule has 49 heavy (non-hydrogen) atoms. The molecule has 0 saturated heterocycles. The summed E-state index contributed by atoms with van der Waals surface area (Å²) < 4.78 is 10.9. The van der Waals surface area contributed by atoms with Crippen molar-refractivity contribution in [1.29, 1.82) is 0 Å². The van der Waals surface area contributed by atoms with Gasteiger partial charge in [0.1, 0.15) is 29.1 Å². The summed E-state index contributed by atoms with van der Waals surface area (Å²) in [6, 6.07) is 10.2. The number of hydrogen-bond donors (Lipinski definition) is 3. The predicted molar refractivity (Wildman–Crippen MR) is 188 cm³/mol. The number of amides is 2. The SMILES string of the molecule is C#CCN(Cc1ccc2nc(C)[nH]c(=O)c2c1)c1ccc(C(=O)N[C@@H](CCC(=O)N[C@@H](CC)C(=O)OC(C)(C)C)C(=O)OC(C)(C)C)cc1. The van der Waals surface area contributed by atoms with E-state index in [1.807, 2.05) is 11.0 Å². The lowest BCUT2D eigenvalue weighted by atomic mass is 10.1. The first-order valence-corrected chi connectivity index (χ1v) is 16.2. The zero-order valence-electron chi connectivity index (χ0n) is 29.6. The van der Waals surface area contributed by atoms with Crippen molar-refractivity contribution in [2.24, 2.45) is 0 Å². The van der Waals surface area contributed by atoms with Crippen LogP contribution in [0.1, 0.15) is 89.5 Å². The van der Waals surface area contributed by atoms with Crippen LogP contribution in [0.5, 0.6) is 0 Å². The fourth-order valence-electron chi connectivity index (χ4n) is 4.90. The Balaban J connectivity index is 1.73. The summed E-state index contributed by atoms with van der Waals surface area (Å²) in [7, 11) is 0. The number of fused-ring (bicyclic) bond motifs is 1. The Bertz CT molecular complexity index is 1760. The van der Waals surface area contributed by atoms with E-state index in [-0.39, 0.29) is 30.5 Å². The molecule has 1 heterocycles. The minimum atomic E-state index is -1.13. The molecule has 12 nitrogen and oxygen atoms in total. The Labute approximate surface area is 287 Å². The zero-order chi connectivity index (χ0) is 36.5. The van der Waals surface area contributed by atoms with Crippen LogP contribution >= 0.6 is 0 Å². The molecule has 3 rings (SSSR count). The first-order chi connectivity index (χ1) is 22.9. The first-order valence-electron chi connectivity index (χ1n) is 16.2. The van der Waals surface area contributed by atoms with Gasteiger partial charge in [0.25, 0.3) is 11.5 Å². The molecule has 0 bridgehead atoms. The molecule has 0 aliphatic rings. The maximum absolute atomic E-state index is 13.3. The molecule has 0 unspecified atom stereocenters. The Morgan fingerprint density at radius 1 is 0.939 bits per heavy atom. The second-order valence-corrected chi connectivity index (χ2v) is 13.8. The molecule has 2 amide bonds. The van der Waals surface area contributed by atoms with Crippen molar-refractivity contribution < 1.29 is 28.7 Å². The fourth-order valence-corrected chi connectivity index (χ4v) is 4.90. The molecule has 0 saturated carbocycles. The summed E-state index contributed by atoms with van der Waals surface area (Å²) in [6.45, 7) is 14.5. The number of hydrogen-bond acceptors (Lipinski definition) is 9. The number of rotatable bonds is 13. The lowest BCUT2D eigenvalue weighted by Gasteiger charge is -2.26. The number of carbonyl (C=O) groups is 4. The molecule has 2 atom stereocenters. The van der Waals surface area contributed by atoms with Crippen LogP contribution in [0.3, 0.4) is 0 Å². The van der Waals surface area contributed by atoms with Gasteiger partial charge in [-0.25, -0.2) is 14.6 Å². The van der Waals surface area contributed by atoms with Gasteiger partial charge in [0, 0.05) is 24.2 Å². The summed E-state index contributed by atoms with van der Waals surface area (Å²) in [4.78, 5) is 73.2. The molecular weight excluding hydrogens is 626 g/mol. The van der Waals surface area contributed by atoms with Gasteiger partial charge in [-0.15, -0.1) is 6.42 Å². The fraction of sp³-hybridized carbons (Fsp3) is 0.459. The monoisotopic (exact) mass is 673 g/mol. The largest absolute Gasteiger partial charge is 0.458 e. The third kappa shape index (κ3) is 11.8. The molecule has 3 N–H and O–H groups in total. The number of anilines is 1. The van der Waals surface area contributed by atoms with Crippen LogP contribution in [-0.2, 0) is 30.4 Å². The van der Waals surface area contributed by atoms with Crippen molar-refractivity contribution in [3.8, 4) is 12.3 Å². The maximum atomic E-state index is 13.3. The standard InChI is InChI=1S/C37H47N5O7/c1-10-20-42(22-24-12-17-29-27(21-24)33(45)39-23(3)38-29)26-15-13-25(14-16-26)32(44)41-30(35(47)49-37(7,8)9)18-19-31(43)40-28(11-2)34(46)48-36(4,5)6/h1,12-17,21,28,30H,11,18-20,22H2,2-9H3,(H,40,43)(H,41,44)(H,38,39,45)/t28-,30-/m0/s1. The molecule has 0 aliphatic carbocycles. The molecule has 0 aliphatic heterocycles. The number of terminal acetylenes is 1. The van der Waals surface area contributed by atoms with Gasteiger partial charge in [-0.05, 0) is 103 Å². The predicted octanol–water partition coefficient (Wildman–Crippen LogP) is 4.33. The average Bonchev–Trinajstić information content (AvgIpc) is 3.00. The molecule has 3 aromatic rings. The highest BCUT2D eigenvalue weighted by Gasteiger charge is 2.29. The van der Waals surface area contributed by atoms with Crippen LogP contribution in [0.25, 0.3) is 10.9 Å². The van der Waals surface area contributed by atoms with Gasteiger partial charge >= 0.3 is 11.9 Å². The van der Waals surface area contributed by atoms with Gasteiger partial charge in [-0.3, -0.25) is 14.4 Å². The minimum absolute atomic E-state index is 0.0606. The quantitative estimate of drug-likeness (QED) is 0.177.